The van der Waals surface area contributed by atoms with Gasteiger partial charge in [-0.2, -0.15) is 0 Å². The minimum absolute atomic E-state index is 0.110. The summed E-state index contributed by atoms with van der Waals surface area (Å²) in [4.78, 5) is 16.5. The van der Waals surface area contributed by atoms with Crippen LogP contribution in [-0.4, -0.2) is 31.4 Å². The van der Waals surface area contributed by atoms with Gasteiger partial charge in [0.05, 0.1) is 5.75 Å². The van der Waals surface area contributed by atoms with Crippen molar-refractivity contribution in [1.82, 2.24) is 19.7 Å². The lowest BCUT2D eigenvalue weighted by Crippen LogP contribution is -2.14. The number of carbonyl (C=O) groups excluding carboxylic acids is 1. The highest BCUT2D eigenvalue weighted by atomic mass is 79.9. The van der Waals surface area contributed by atoms with E-state index < -0.39 is 0 Å². The predicted molar refractivity (Wildman–Crippen MR) is 118 cm³/mol. The third kappa shape index (κ3) is 4.72. The molecule has 8 heteroatoms. The first-order valence-electron chi connectivity index (χ1n) is 8.80. The van der Waals surface area contributed by atoms with Crippen molar-refractivity contribution < 1.29 is 4.79 Å². The highest BCUT2D eigenvalue weighted by Gasteiger charge is 2.17. The molecule has 0 aliphatic carbocycles. The van der Waals surface area contributed by atoms with Gasteiger partial charge in [0.25, 0.3) is 0 Å². The van der Waals surface area contributed by atoms with E-state index in [-0.39, 0.29) is 11.7 Å². The summed E-state index contributed by atoms with van der Waals surface area (Å²) >= 11 is 4.74. The minimum Gasteiger partial charge on any atom is -0.325 e. The van der Waals surface area contributed by atoms with Crippen LogP contribution in [0.3, 0.4) is 0 Å². The molecule has 144 valence electrons. The van der Waals surface area contributed by atoms with Gasteiger partial charge in [-0.25, -0.2) is 0 Å². The van der Waals surface area contributed by atoms with Gasteiger partial charge in [-0.15, -0.1) is 10.2 Å². The van der Waals surface area contributed by atoms with Crippen LogP contribution in [0.2, 0.25) is 0 Å². The van der Waals surface area contributed by atoms with Crippen LogP contribution in [-0.2, 0) is 4.79 Å². The van der Waals surface area contributed by atoms with Gasteiger partial charge in [-0.3, -0.25) is 14.3 Å². The lowest BCUT2D eigenvalue weighted by Gasteiger charge is -2.10. The van der Waals surface area contributed by atoms with Crippen LogP contribution in [0.5, 0.6) is 0 Å². The van der Waals surface area contributed by atoms with E-state index in [0.29, 0.717) is 11.0 Å². The van der Waals surface area contributed by atoms with Gasteiger partial charge < -0.3 is 5.32 Å². The van der Waals surface area contributed by atoms with E-state index in [1.54, 1.807) is 12.4 Å². The zero-order valence-corrected chi connectivity index (χ0v) is 17.6. The summed E-state index contributed by atoms with van der Waals surface area (Å²) in [5, 5.41) is 12.2. The summed E-state index contributed by atoms with van der Waals surface area (Å²) in [6.45, 7) is 0. The number of para-hydroxylation sites is 1. The van der Waals surface area contributed by atoms with Crippen LogP contribution in [0.15, 0.2) is 88.8 Å². The Morgan fingerprint density at radius 1 is 1.00 bits per heavy atom. The summed E-state index contributed by atoms with van der Waals surface area (Å²) in [5.74, 6) is 0.808. The third-order valence-corrected chi connectivity index (χ3v) is 5.45. The molecule has 4 aromatic rings. The Hall–Kier alpha value is -2.97. The summed E-state index contributed by atoms with van der Waals surface area (Å²) in [7, 11) is 0. The number of hydrogen-bond acceptors (Lipinski definition) is 5. The molecule has 6 nitrogen and oxygen atoms in total. The second-order valence-electron chi connectivity index (χ2n) is 6.06. The predicted octanol–water partition coefficient (Wildman–Crippen LogP) is 4.82. The molecule has 0 atom stereocenters. The molecular weight excluding hydrogens is 450 g/mol. The number of rotatable bonds is 6. The maximum absolute atomic E-state index is 12.4. The molecule has 4 rings (SSSR count). The van der Waals surface area contributed by atoms with Gasteiger partial charge in [0.1, 0.15) is 0 Å². The highest BCUT2D eigenvalue weighted by Crippen LogP contribution is 2.27. The van der Waals surface area contributed by atoms with E-state index in [4.69, 9.17) is 0 Å². The molecule has 0 spiro atoms. The fraction of sp³-hybridized carbons (Fsp3) is 0.0476. The first-order chi connectivity index (χ1) is 14.2. The van der Waals surface area contributed by atoms with Gasteiger partial charge in [0.2, 0.25) is 5.91 Å². The number of benzene rings is 2. The van der Waals surface area contributed by atoms with Crippen molar-refractivity contribution in [3.63, 3.8) is 0 Å². The van der Waals surface area contributed by atoms with Crippen molar-refractivity contribution in [3.05, 3.63) is 83.6 Å². The smallest absolute Gasteiger partial charge is 0.234 e. The van der Waals surface area contributed by atoms with Gasteiger partial charge >= 0.3 is 0 Å². The Balaban J connectivity index is 1.57. The molecular formula is C21H16BrN5OS. The largest absolute Gasteiger partial charge is 0.325 e. The number of amides is 1. The van der Waals surface area contributed by atoms with Crippen LogP contribution in [0.4, 0.5) is 5.69 Å². The van der Waals surface area contributed by atoms with Gasteiger partial charge in [0, 0.05) is 33.8 Å². The van der Waals surface area contributed by atoms with Crippen LogP contribution < -0.4 is 5.32 Å². The number of pyridine rings is 1. The topological polar surface area (TPSA) is 72.7 Å². The van der Waals surface area contributed by atoms with E-state index in [2.05, 4.69) is 36.4 Å². The second-order valence-corrected chi connectivity index (χ2v) is 7.92. The number of anilines is 1. The number of halogens is 1. The van der Waals surface area contributed by atoms with Crippen LogP contribution in [0.1, 0.15) is 0 Å². The maximum Gasteiger partial charge on any atom is 0.234 e. The molecule has 0 bridgehead atoms. The van der Waals surface area contributed by atoms with E-state index in [0.717, 1.165) is 21.4 Å². The highest BCUT2D eigenvalue weighted by molar-refractivity contribution is 9.10. The third-order valence-electron chi connectivity index (χ3n) is 4.03. The molecule has 0 saturated heterocycles. The standard InChI is InChI=1S/C21H16BrN5OS/c22-16-5-4-6-17(13-16)24-19(28)14-29-21-26-25-20(15-9-11-23-12-10-15)27(21)18-7-2-1-3-8-18/h1-13H,14H2,(H,24,28). The molecule has 2 aromatic carbocycles. The Morgan fingerprint density at radius 2 is 1.79 bits per heavy atom. The number of nitrogens with zero attached hydrogens (tertiary/aromatic N) is 4. The monoisotopic (exact) mass is 465 g/mol. The summed E-state index contributed by atoms with van der Waals surface area (Å²) in [6.07, 6.45) is 3.44. The summed E-state index contributed by atoms with van der Waals surface area (Å²) < 4.78 is 2.86. The number of nitrogens with one attached hydrogen (secondary N) is 1. The van der Waals surface area contributed by atoms with E-state index in [1.165, 1.54) is 11.8 Å². The first kappa shape index (κ1) is 19.4. The lowest BCUT2D eigenvalue weighted by atomic mass is 10.2. The Morgan fingerprint density at radius 3 is 2.55 bits per heavy atom. The van der Waals surface area contributed by atoms with E-state index in [1.807, 2.05) is 71.3 Å². The molecule has 2 heterocycles. The van der Waals surface area contributed by atoms with Crippen LogP contribution in [0, 0.1) is 0 Å². The van der Waals surface area contributed by atoms with Crippen LogP contribution >= 0.6 is 27.7 Å². The number of hydrogen-bond donors (Lipinski definition) is 1. The summed E-state index contributed by atoms with van der Waals surface area (Å²) in [6, 6.07) is 21.1. The number of carbonyl (C=O) groups is 1. The van der Waals surface area contributed by atoms with Crippen molar-refractivity contribution in [2.45, 2.75) is 5.16 Å². The average molecular weight is 466 g/mol. The van der Waals surface area contributed by atoms with Crippen molar-refractivity contribution in [1.29, 1.82) is 0 Å². The molecule has 0 saturated carbocycles. The average Bonchev–Trinajstić information content (AvgIpc) is 3.17. The molecule has 0 aliphatic rings. The zero-order chi connectivity index (χ0) is 20.1. The maximum atomic E-state index is 12.4. The molecule has 0 radical (unpaired) electrons. The fourth-order valence-corrected chi connectivity index (χ4v) is 3.91. The van der Waals surface area contributed by atoms with Crippen molar-refractivity contribution in [2.75, 3.05) is 11.1 Å². The Labute approximate surface area is 180 Å². The number of thioether (sulfide) groups is 1. The first-order valence-corrected chi connectivity index (χ1v) is 10.6. The van der Waals surface area contributed by atoms with E-state index in [9.17, 15) is 4.79 Å². The minimum atomic E-state index is -0.110. The Kier molecular flexibility index (Phi) is 6.02. The van der Waals surface area contributed by atoms with Gasteiger partial charge in [-0.1, -0.05) is 52.0 Å². The van der Waals surface area contributed by atoms with Gasteiger partial charge in [-0.05, 0) is 42.5 Å². The SMILES string of the molecule is O=C(CSc1nnc(-c2ccncc2)n1-c1ccccc1)Nc1cccc(Br)c1. The molecule has 29 heavy (non-hydrogen) atoms. The molecule has 1 N–H and O–H groups in total. The quantitative estimate of drug-likeness (QED) is 0.413. The van der Waals surface area contributed by atoms with Crippen molar-refractivity contribution >= 4 is 39.3 Å². The Bertz CT molecular complexity index is 1120. The molecule has 0 unspecified atom stereocenters. The van der Waals surface area contributed by atoms with E-state index >= 15 is 0 Å². The van der Waals surface area contributed by atoms with Crippen molar-refractivity contribution in [2.24, 2.45) is 0 Å². The van der Waals surface area contributed by atoms with Crippen LogP contribution in [0.25, 0.3) is 17.1 Å². The molecule has 0 fully saturated rings. The second kappa shape index (κ2) is 9.02. The normalized spacial score (nSPS) is 10.7. The fourth-order valence-electron chi connectivity index (χ4n) is 2.75. The zero-order valence-electron chi connectivity index (χ0n) is 15.2. The molecule has 0 aliphatic heterocycles. The number of aromatic nitrogens is 4. The lowest BCUT2D eigenvalue weighted by molar-refractivity contribution is -0.113. The molecule has 1 amide bonds. The van der Waals surface area contributed by atoms with Crippen molar-refractivity contribution in [3.8, 4) is 17.1 Å². The van der Waals surface area contributed by atoms with Gasteiger partial charge in [0.15, 0.2) is 11.0 Å². The molecule has 2 aromatic heterocycles. The summed E-state index contributed by atoms with van der Waals surface area (Å²) in [5.41, 5.74) is 2.58.